The van der Waals surface area contributed by atoms with Crippen LogP contribution in [0.3, 0.4) is 0 Å². The van der Waals surface area contributed by atoms with Crippen molar-refractivity contribution < 1.29 is 25.2 Å². The van der Waals surface area contributed by atoms with Crippen LogP contribution in [-0.4, -0.2) is 64.1 Å². The lowest BCUT2D eigenvalue weighted by Crippen LogP contribution is -2.58. The molecule has 0 bridgehead atoms. The van der Waals surface area contributed by atoms with Crippen molar-refractivity contribution in [2.45, 2.75) is 36.9 Å². The highest BCUT2D eigenvalue weighted by Crippen LogP contribution is 2.22. The van der Waals surface area contributed by atoms with Gasteiger partial charge in [0, 0.05) is 0 Å². The number of nitrogens with two attached hydrogens (primary N) is 1. The maximum absolute atomic E-state index is 9.48. The molecule has 0 aromatic rings. The summed E-state index contributed by atoms with van der Waals surface area (Å²) in [5.74, 6) is 0. The van der Waals surface area contributed by atoms with E-state index in [2.05, 4.69) is 0 Å². The van der Waals surface area contributed by atoms with Crippen LogP contribution in [0.1, 0.15) is 6.42 Å². The van der Waals surface area contributed by atoms with E-state index >= 15 is 0 Å². The zero-order valence-corrected chi connectivity index (χ0v) is 7.78. The van der Waals surface area contributed by atoms with Crippen LogP contribution in [0, 0.1) is 0 Å². The Kier molecular flexibility index (Phi) is 4.24. The third kappa shape index (κ3) is 2.22. The van der Waals surface area contributed by atoms with Gasteiger partial charge in [-0.15, -0.1) is 0 Å². The molecule has 1 saturated heterocycles. The average molecular weight is 207 g/mol. The van der Waals surface area contributed by atoms with Crippen LogP contribution >= 0.6 is 0 Å². The Bertz CT molecular complexity index is 175. The molecule has 5 atom stereocenters. The summed E-state index contributed by atoms with van der Waals surface area (Å²) >= 11 is 0. The average Bonchev–Trinajstić information content (AvgIpc) is 2.19. The zero-order chi connectivity index (χ0) is 10.7. The lowest BCUT2D eigenvalue weighted by Gasteiger charge is -2.40. The molecule has 0 aliphatic carbocycles. The molecule has 84 valence electrons. The Morgan fingerprint density at radius 1 is 1.00 bits per heavy atom. The van der Waals surface area contributed by atoms with Crippen LogP contribution in [0.15, 0.2) is 0 Å². The molecule has 0 aromatic carbocycles. The van der Waals surface area contributed by atoms with Gasteiger partial charge >= 0.3 is 0 Å². The minimum Gasteiger partial charge on any atom is -0.394 e. The minimum absolute atomic E-state index is 0.308. The third-order valence-corrected chi connectivity index (χ3v) is 2.44. The minimum atomic E-state index is -1.29. The second kappa shape index (κ2) is 5.01. The fraction of sp³-hybridized carbons (Fsp3) is 1.00. The Morgan fingerprint density at radius 2 is 1.57 bits per heavy atom. The quantitative estimate of drug-likeness (QED) is 0.341. The molecule has 1 rings (SSSR count). The van der Waals surface area contributed by atoms with Gasteiger partial charge in [0.1, 0.15) is 24.4 Å². The number of aliphatic hydroxyl groups excluding tert-OH is 4. The van der Waals surface area contributed by atoms with Crippen LogP contribution in [0.25, 0.3) is 0 Å². The number of hydrogen-bond acceptors (Lipinski definition) is 6. The van der Waals surface area contributed by atoms with Crippen LogP contribution in [0.4, 0.5) is 0 Å². The monoisotopic (exact) mass is 207 g/mol. The summed E-state index contributed by atoms with van der Waals surface area (Å²) in [4.78, 5) is 0. The third-order valence-electron chi connectivity index (χ3n) is 2.44. The maximum atomic E-state index is 9.48. The smallest absolute Gasteiger partial charge is 0.111 e. The molecule has 1 fully saturated rings. The summed E-state index contributed by atoms with van der Waals surface area (Å²) in [5, 5.41) is 37.1. The van der Waals surface area contributed by atoms with E-state index in [0.29, 0.717) is 13.0 Å². The lowest BCUT2D eigenvalue weighted by molar-refractivity contribution is -0.229. The van der Waals surface area contributed by atoms with Crippen molar-refractivity contribution in [1.82, 2.24) is 0 Å². The molecule has 0 aromatic heterocycles. The molecule has 0 radical (unpaired) electrons. The molecule has 1 aliphatic rings. The highest BCUT2D eigenvalue weighted by Gasteiger charge is 2.42. The Hall–Kier alpha value is -0.240. The fourth-order valence-corrected chi connectivity index (χ4v) is 1.58. The Morgan fingerprint density at radius 3 is 2.07 bits per heavy atom. The molecule has 1 heterocycles. The second-order valence-electron chi connectivity index (χ2n) is 3.44. The first kappa shape index (κ1) is 11.8. The van der Waals surface area contributed by atoms with Gasteiger partial charge in [-0.2, -0.15) is 0 Å². The van der Waals surface area contributed by atoms with Gasteiger partial charge in [0.05, 0.1) is 12.7 Å². The van der Waals surface area contributed by atoms with Gasteiger partial charge in [0.2, 0.25) is 0 Å². The molecular weight excluding hydrogens is 190 g/mol. The van der Waals surface area contributed by atoms with Crippen molar-refractivity contribution in [3.05, 3.63) is 0 Å². The molecule has 0 spiro atoms. The van der Waals surface area contributed by atoms with E-state index in [0.717, 1.165) is 0 Å². The zero-order valence-electron chi connectivity index (χ0n) is 7.78. The first-order valence-corrected chi connectivity index (χ1v) is 4.62. The van der Waals surface area contributed by atoms with Crippen molar-refractivity contribution in [2.24, 2.45) is 5.73 Å². The Labute approximate surface area is 81.9 Å². The van der Waals surface area contributed by atoms with Gasteiger partial charge in [-0.05, 0) is 13.0 Å². The standard InChI is InChI=1S/C8H17NO5/c9-2-1-4-6(11)8(13)7(12)5(3-10)14-4/h4-8,10-13H,1-3,9H2/t4-,5+,6-,7-,8+/m0/s1. The summed E-state index contributed by atoms with van der Waals surface area (Å²) in [6, 6.07) is 0. The largest absolute Gasteiger partial charge is 0.394 e. The van der Waals surface area contributed by atoms with Crippen molar-refractivity contribution in [1.29, 1.82) is 0 Å². The van der Waals surface area contributed by atoms with Crippen LogP contribution in [-0.2, 0) is 4.74 Å². The molecule has 1 aliphatic heterocycles. The van der Waals surface area contributed by atoms with E-state index < -0.39 is 37.1 Å². The van der Waals surface area contributed by atoms with Gasteiger partial charge in [-0.3, -0.25) is 0 Å². The predicted octanol–water partition coefficient (Wildman–Crippen LogP) is -2.82. The van der Waals surface area contributed by atoms with Gasteiger partial charge in [-0.25, -0.2) is 0 Å². The summed E-state index contributed by atoms with van der Waals surface area (Å²) in [6.45, 7) is -0.0886. The van der Waals surface area contributed by atoms with Gasteiger partial charge in [0.25, 0.3) is 0 Å². The summed E-state index contributed by atoms with van der Waals surface area (Å²) < 4.78 is 5.18. The van der Waals surface area contributed by atoms with E-state index in [1.165, 1.54) is 0 Å². The van der Waals surface area contributed by atoms with E-state index in [4.69, 9.17) is 15.6 Å². The number of ether oxygens (including phenoxy) is 1. The second-order valence-corrected chi connectivity index (χ2v) is 3.44. The van der Waals surface area contributed by atoms with E-state index in [-0.39, 0.29) is 0 Å². The fourth-order valence-electron chi connectivity index (χ4n) is 1.58. The summed E-state index contributed by atoms with van der Waals surface area (Å²) in [6.07, 6.45) is -4.82. The SMILES string of the molecule is NCC[C@@H]1O[C@H](CO)[C@H](O)[C@H](O)[C@H]1O. The van der Waals surface area contributed by atoms with E-state index in [1.807, 2.05) is 0 Å². The van der Waals surface area contributed by atoms with Crippen molar-refractivity contribution in [2.75, 3.05) is 13.2 Å². The highest BCUT2D eigenvalue weighted by molar-refractivity contribution is 4.91. The van der Waals surface area contributed by atoms with Crippen LogP contribution in [0.5, 0.6) is 0 Å². The topological polar surface area (TPSA) is 116 Å². The van der Waals surface area contributed by atoms with Gasteiger partial charge in [-0.1, -0.05) is 0 Å². The number of rotatable bonds is 3. The number of hydrogen-bond donors (Lipinski definition) is 5. The Balaban J connectivity index is 2.63. The molecule has 6 heteroatoms. The molecule has 0 unspecified atom stereocenters. The normalized spacial score (nSPS) is 43.9. The van der Waals surface area contributed by atoms with Gasteiger partial charge in [0.15, 0.2) is 0 Å². The first-order valence-electron chi connectivity index (χ1n) is 4.62. The molecular formula is C8H17NO5. The molecule has 6 nitrogen and oxygen atoms in total. The highest BCUT2D eigenvalue weighted by atomic mass is 16.5. The lowest BCUT2D eigenvalue weighted by atomic mass is 9.94. The van der Waals surface area contributed by atoms with Crippen molar-refractivity contribution >= 4 is 0 Å². The molecule has 0 saturated carbocycles. The molecule has 14 heavy (non-hydrogen) atoms. The van der Waals surface area contributed by atoms with Crippen LogP contribution < -0.4 is 5.73 Å². The van der Waals surface area contributed by atoms with Crippen molar-refractivity contribution in [3.63, 3.8) is 0 Å². The predicted molar refractivity (Wildman–Crippen MR) is 47.4 cm³/mol. The molecule has 0 amide bonds. The first-order chi connectivity index (χ1) is 6.61. The van der Waals surface area contributed by atoms with Crippen LogP contribution in [0.2, 0.25) is 0 Å². The summed E-state index contributed by atoms with van der Waals surface area (Å²) in [7, 11) is 0. The number of aliphatic hydroxyl groups is 4. The molecule has 6 N–H and O–H groups in total. The summed E-state index contributed by atoms with van der Waals surface area (Å²) in [5.41, 5.74) is 5.29. The van der Waals surface area contributed by atoms with E-state index in [1.54, 1.807) is 0 Å². The van der Waals surface area contributed by atoms with Crippen molar-refractivity contribution in [3.8, 4) is 0 Å². The van der Waals surface area contributed by atoms with Gasteiger partial charge < -0.3 is 30.9 Å². The maximum Gasteiger partial charge on any atom is 0.111 e. The van der Waals surface area contributed by atoms with E-state index in [9.17, 15) is 15.3 Å².